The fraction of sp³-hybridized carbons (Fsp3) is 0.857. The predicted octanol–water partition coefficient (Wildman–Crippen LogP) is 0.675. The Hall–Kier alpha value is -0.670. The number of carbonyl (C=O) groups excluding carboxylic acids is 1. The maximum atomic E-state index is 10.7. The molecule has 0 radical (unpaired) electrons. The summed E-state index contributed by atoms with van der Waals surface area (Å²) in [4.78, 5) is 12.8. The van der Waals surface area contributed by atoms with Gasteiger partial charge in [-0.25, -0.2) is 0 Å². The number of rotatable bonds is 0. The number of ketones is 1. The monoisotopic (exact) mass is 263 g/mol. The molecule has 0 saturated carbocycles. The molecule has 1 aliphatic heterocycles. The maximum Gasteiger partial charge on any atom is 0.522 e. The van der Waals surface area contributed by atoms with Crippen LogP contribution in [0.25, 0.3) is 0 Å². The predicted molar refractivity (Wildman–Crippen MR) is 49.3 cm³/mol. The van der Waals surface area contributed by atoms with Crippen LogP contribution in [0.2, 0.25) is 0 Å². The molecule has 1 saturated heterocycles. The molecule has 5 nitrogen and oxygen atoms in total. The highest BCUT2D eigenvalue weighted by Gasteiger charge is 2.44. The maximum absolute atomic E-state index is 10.7. The van der Waals surface area contributed by atoms with Crippen LogP contribution in [0.1, 0.15) is 12.8 Å². The minimum Gasteiger partial charge on any atom is -0.305 e. The van der Waals surface area contributed by atoms with Crippen LogP contribution in [0, 0.1) is 0 Å². The first-order chi connectivity index (χ1) is 7.04. The van der Waals surface area contributed by atoms with Crippen LogP contribution in [0.3, 0.4) is 0 Å². The molecule has 0 bridgehead atoms. The summed E-state index contributed by atoms with van der Waals surface area (Å²) >= 11 is 0. The van der Waals surface area contributed by atoms with Crippen molar-refractivity contribution in [3.63, 3.8) is 0 Å². The van der Waals surface area contributed by atoms with Gasteiger partial charge in [0.1, 0.15) is 5.78 Å². The van der Waals surface area contributed by atoms with Gasteiger partial charge in [0.05, 0.1) is 0 Å². The number of nitrogens with zero attached hydrogens (tertiary/aromatic N) is 1. The Morgan fingerprint density at radius 1 is 1.25 bits per heavy atom. The molecule has 1 N–H and O–H groups in total. The van der Waals surface area contributed by atoms with Crippen LogP contribution in [0.5, 0.6) is 0 Å². The number of halogens is 3. The molecule has 0 aromatic rings. The van der Waals surface area contributed by atoms with E-state index in [1.807, 2.05) is 7.05 Å². The highest BCUT2D eigenvalue weighted by atomic mass is 32.2. The molecule has 0 aliphatic carbocycles. The third-order valence-electron chi connectivity index (χ3n) is 1.84. The van der Waals surface area contributed by atoms with Crippen molar-refractivity contribution >= 4 is 15.9 Å². The summed E-state index contributed by atoms with van der Waals surface area (Å²) in [6.45, 7) is 1.91. The zero-order valence-corrected chi connectivity index (χ0v) is 9.31. The third kappa shape index (κ3) is 6.03. The second kappa shape index (κ2) is 5.60. The molecule has 0 spiro atoms. The van der Waals surface area contributed by atoms with Crippen molar-refractivity contribution in [1.29, 1.82) is 0 Å². The van der Waals surface area contributed by atoms with Gasteiger partial charge < -0.3 is 4.90 Å². The van der Waals surface area contributed by atoms with E-state index in [2.05, 4.69) is 4.90 Å². The molecule has 1 heterocycles. The Bertz CT molecular complexity index is 328. The van der Waals surface area contributed by atoms with Crippen LogP contribution in [0.15, 0.2) is 0 Å². The number of likely N-dealkylation sites (tertiary alicyclic amines) is 1. The van der Waals surface area contributed by atoms with Gasteiger partial charge >= 0.3 is 15.6 Å². The van der Waals surface area contributed by atoms with Gasteiger partial charge in [-0.1, -0.05) is 0 Å². The lowest BCUT2D eigenvalue weighted by atomic mass is 10.1. The summed E-state index contributed by atoms with van der Waals surface area (Å²) < 4.78 is 57.5. The first-order valence-electron chi connectivity index (χ1n) is 4.28. The highest BCUT2D eigenvalue weighted by molar-refractivity contribution is 7.86. The standard InChI is InChI=1S/C6H11NO.CHF3O3S/c1-7-4-2-6(8)3-5-7;2-1(3,4)8(5,6)7/h2-5H2,1H3;(H,5,6,7). The molecule has 0 aromatic carbocycles. The van der Waals surface area contributed by atoms with Crippen LogP contribution in [-0.4, -0.2) is 49.3 Å². The Morgan fingerprint density at radius 3 is 1.75 bits per heavy atom. The van der Waals surface area contributed by atoms with Crippen LogP contribution < -0.4 is 0 Å². The van der Waals surface area contributed by atoms with E-state index in [9.17, 15) is 18.0 Å². The molecule has 0 amide bonds. The average Bonchev–Trinajstić information content (AvgIpc) is 2.08. The number of alkyl halides is 3. The summed E-state index contributed by atoms with van der Waals surface area (Å²) in [5.74, 6) is 0.420. The molecule has 0 atom stereocenters. The average molecular weight is 263 g/mol. The Labute approximate surface area is 91.0 Å². The SMILES string of the molecule is CN1CCC(=O)CC1.O=S(=O)(O)C(F)(F)F. The van der Waals surface area contributed by atoms with Gasteiger partial charge in [0.2, 0.25) is 0 Å². The lowest BCUT2D eigenvalue weighted by Crippen LogP contribution is -2.29. The van der Waals surface area contributed by atoms with Gasteiger partial charge in [-0.2, -0.15) is 21.6 Å². The van der Waals surface area contributed by atoms with E-state index in [4.69, 9.17) is 13.0 Å². The quantitative estimate of drug-likeness (QED) is 0.513. The molecule has 1 fully saturated rings. The molecular weight excluding hydrogens is 251 g/mol. The number of hydrogen-bond acceptors (Lipinski definition) is 4. The van der Waals surface area contributed by atoms with Crippen molar-refractivity contribution in [2.24, 2.45) is 0 Å². The third-order valence-corrected chi connectivity index (χ3v) is 2.42. The van der Waals surface area contributed by atoms with Crippen molar-refractivity contribution in [1.82, 2.24) is 4.90 Å². The fourth-order valence-corrected chi connectivity index (χ4v) is 0.868. The summed E-state index contributed by atoms with van der Waals surface area (Å²) in [6.07, 6.45) is 1.52. The van der Waals surface area contributed by atoms with E-state index in [1.165, 1.54) is 0 Å². The lowest BCUT2D eigenvalue weighted by Gasteiger charge is -2.19. The Balaban J connectivity index is 0.000000281. The van der Waals surface area contributed by atoms with Gasteiger partial charge in [-0.3, -0.25) is 9.35 Å². The summed E-state index contributed by atoms with van der Waals surface area (Å²) in [5, 5.41) is 0. The molecule has 1 rings (SSSR count). The first kappa shape index (κ1) is 15.3. The minimum atomic E-state index is -5.84. The summed E-state index contributed by atoms with van der Waals surface area (Å²) in [7, 11) is -3.79. The molecule has 9 heteroatoms. The smallest absolute Gasteiger partial charge is 0.305 e. The molecule has 1 aliphatic rings. The van der Waals surface area contributed by atoms with Crippen LogP contribution in [0.4, 0.5) is 13.2 Å². The summed E-state index contributed by atoms with van der Waals surface area (Å²) in [6, 6.07) is 0. The van der Waals surface area contributed by atoms with E-state index in [0.717, 1.165) is 25.9 Å². The molecule has 0 aromatic heterocycles. The topological polar surface area (TPSA) is 74.7 Å². The van der Waals surface area contributed by atoms with E-state index in [-0.39, 0.29) is 0 Å². The number of hydrogen-bond donors (Lipinski definition) is 1. The highest BCUT2D eigenvalue weighted by Crippen LogP contribution is 2.20. The molecular formula is C7H12F3NO4S. The molecule has 96 valence electrons. The number of carbonyl (C=O) groups is 1. The number of piperidine rings is 1. The van der Waals surface area contributed by atoms with Crippen molar-refractivity contribution < 1.29 is 30.9 Å². The van der Waals surface area contributed by atoms with E-state index >= 15 is 0 Å². The number of Topliss-reactive ketones (excluding diaryl/α,β-unsaturated/α-hetero) is 1. The van der Waals surface area contributed by atoms with Crippen molar-refractivity contribution in [2.45, 2.75) is 18.3 Å². The van der Waals surface area contributed by atoms with Gasteiger partial charge in [-0.15, -0.1) is 0 Å². The minimum absolute atomic E-state index is 0.420. The fourth-order valence-electron chi connectivity index (χ4n) is 0.868. The van der Waals surface area contributed by atoms with Gasteiger partial charge in [0.25, 0.3) is 0 Å². The normalized spacial score (nSPS) is 18.9. The Morgan fingerprint density at radius 2 is 1.56 bits per heavy atom. The second-order valence-corrected chi connectivity index (χ2v) is 4.68. The van der Waals surface area contributed by atoms with E-state index < -0.39 is 15.6 Å². The zero-order chi connectivity index (χ0) is 13.0. The van der Waals surface area contributed by atoms with E-state index in [0.29, 0.717) is 5.78 Å². The first-order valence-corrected chi connectivity index (χ1v) is 5.72. The van der Waals surface area contributed by atoms with Crippen LogP contribution >= 0.6 is 0 Å². The summed E-state index contributed by atoms with van der Waals surface area (Å²) in [5.41, 5.74) is -5.53. The van der Waals surface area contributed by atoms with Gasteiger partial charge in [0, 0.05) is 25.9 Å². The van der Waals surface area contributed by atoms with E-state index in [1.54, 1.807) is 0 Å². The molecule has 0 unspecified atom stereocenters. The van der Waals surface area contributed by atoms with Crippen molar-refractivity contribution in [3.8, 4) is 0 Å². The van der Waals surface area contributed by atoms with Crippen molar-refractivity contribution in [3.05, 3.63) is 0 Å². The largest absolute Gasteiger partial charge is 0.522 e. The van der Waals surface area contributed by atoms with Crippen molar-refractivity contribution in [2.75, 3.05) is 20.1 Å². The Kier molecular flexibility index (Phi) is 5.36. The van der Waals surface area contributed by atoms with Gasteiger partial charge in [-0.05, 0) is 7.05 Å². The lowest BCUT2D eigenvalue weighted by molar-refractivity contribution is -0.121. The van der Waals surface area contributed by atoms with Gasteiger partial charge in [0.15, 0.2) is 0 Å². The van der Waals surface area contributed by atoms with Crippen LogP contribution in [-0.2, 0) is 14.9 Å². The zero-order valence-electron chi connectivity index (χ0n) is 8.49. The molecule has 16 heavy (non-hydrogen) atoms. The second-order valence-electron chi connectivity index (χ2n) is 3.26.